The number of carbonyl (C=O) groups is 1. The van der Waals surface area contributed by atoms with E-state index in [4.69, 9.17) is 11.6 Å². The van der Waals surface area contributed by atoms with Gasteiger partial charge in [-0.15, -0.1) is 6.58 Å². The molecule has 1 aliphatic heterocycles. The average Bonchev–Trinajstić information content (AvgIpc) is 2.41. The highest BCUT2D eigenvalue weighted by molar-refractivity contribution is 6.33. The molecule has 0 aliphatic carbocycles. The molecular weight excluding hydrogens is 214 g/mol. The molecule has 0 fully saturated rings. The monoisotopic (exact) mass is 223 g/mol. The number of hydrogen-bond acceptors (Lipinski definition) is 2. The van der Waals surface area contributed by atoms with Gasteiger partial charge in [0, 0.05) is 22.7 Å². The maximum atomic E-state index is 11.6. The van der Waals surface area contributed by atoms with Crippen molar-refractivity contribution in [2.75, 3.05) is 5.32 Å². The zero-order valence-electron chi connectivity index (χ0n) is 7.96. The molecule has 0 unspecified atom stereocenters. The van der Waals surface area contributed by atoms with Gasteiger partial charge in [-0.1, -0.05) is 23.7 Å². The zero-order valence-corrected chi connectivity index (χ0v) is 8.71. The lowest BCUT2D eigenvalue weighted by Gasteiger charge is -2.19. The van der Waals surface area contributed by atoms with Crippen molar-refractivity contribution in [3.8, 4) is 0 Å². The fraction of sp³-hybridized carbons (Fsp3) is 0.182. The molecule has 1 aromatic rings. The van der Waals surface area contributed by atoms with E-state index in [2.05, 4.69) is 11.9 Å². The zero-order chi connectivity index (χ0) is 11.1. The first-order valence-corrected chi connectivity index (χ1v) is 4.91. The van der Waals surface area contributed by atoms with Crippen LogP contribution < -0.4 is 5.32 Å². The summed E-state index contributed by atoms with van der Waals surface area (Å²) in [6, 6.07) is 5.08. The SMILES string of the molecule is C=CC[C@]1(O)C(=O)Nc2cccc(Cl)c21. The van der Waals surface area contributed by atoms with Gasteiger partial charge in [0.1, 0.15) is 0 Å². The molecule has 0 radical (unpaired) electrons. The van der Waals surface area contributed by atoms with Crippen LogP contribution in [0.3, 0.4) is 0 Å². The van der Waals surface area contributed by atoms with Crippen molar-refractivity contribution < 1.29 is 9.90 Å². The third-order valence-corrected chi connectivity index (χ3v) is 2.81. The van der Waals surface area contributed by atoms with Crippen LogP contribution >= 0.6 is 11.6 Å². The maximum Gasteiger partial charge on any atom is 0.261 e. The molecule has 4 heteroatoms. The number of aliphatic hydroxyl groups is 1. The molecule has 2 rings (SSSR count). The van der Waals surface area contributed by atoms with Crippen LogP contribution in [-0.2, 0) is 10.4 Å². The van der Waals surface area contributed by atoms with Crippen LogP contribution in [0.1, 0.15) is 12.0 Å². The molecule has 1 aromatic carbocycles. The lowest BCUT2D eigenvalue weighted by Crippen LogP contribution is -2.33. The van der Waals surface area contributed by atoms with Crippen molar-refractivity contribution in [1.29, 1.82) is 0 Å². The second-order valence-corrected chi connectivity index (χ2v) is 3.88. The Kier molecular flexibility index (Phi) is 2.29. The Balaban J connectivity index is 2.62. The number of anilines is 1. The van der Waals surface area contributed by atoms with E-state index < -0.39 is 11.5 Å². The molecule has 0 spiro atoms. The molecule has 1 heterocycles. The molecule has 1 amide bonds. The molecule has 0 saturated heterocycles. The molecule has 3 nitrogen and oxygen atoms in total. The predicted molar refractivity (Wildman–Crippen MR) is 58.8 cm³/mol. The largest absolute Gasteiger partial charge is 0.375 e. The number of carbonyl (C=O) groups excluding carboxylic acids is 1. The third kappa shape index (κ3) is 1.35. The van der Waals surface area contributed by atoms with Crippen LogP contribution in [0.5, 0.6) is 0 Å². The highest BCUT2D eigenvalue weighted by Crippen LogP contribution is 2.42. The van der Waals surface area contributed by atoms with Gasteiger partial charge in [0.05, 0.1) is 0 Å². The highest BCUT2D eigenvalue weighted by Gasteiger charge is 2.45. The third-order valence-electron chi connectivity index (χ3n) is 2.49. The lowest BCUT2D eigenvalue weighted by atomic mass is 9.92. The van der Waals surface area contributed by atoms with Crippen LogP contribution in [0, 0.1) is 0 Å². The number of amides is 1. The number of fused-ring (bicyclic) bond motifs is 1. The fourth-order valence-corrected chi connectivity index (χ4v) is 2.12. The van der Waals surface area contributed by atoms with Gasteiger partial charge >= 0.3 is 0 Å². The Bertz CT molecular complexity index is 444. The van der Waals surface area contributed by atoms with E-state index in [1.807, 2.05) is 0 Å². The van der Waals surface area contributed by atoms with E-state index in [9.17, 15) is 9.90 Å². The van der Waals surface area contributed by atoms with Crippen molar-refractivity contribution in [3.05, 3.63) is 41.4 Å². The summed E-state index contributed by atoms with van der Waals surface area (Å²) in [5.41, 5.74) is -0.566. The molecule has 15 heavy (non-hydrogen) atoms. The van der Waals surface area contributed by atoms with Gasteiger partial charge in [-0.25, -0.2) is 0 Å². The molecule has 1 aliphatic rings. The van der Waals surface area contributed by atoms with E-state index in [0.29, 0.717) is 16.3 Å². The topological polar surface area (TPSA) is 49.3 Å². The van der Waals surface area contributed by atoms with E-state index in [-0.39, 0.29) is 6.42 Å². The van der Waals surface area contributed by atoms with Crippen molar-refractivity contribution in [2.24, 2.45) is 0 Å². The number of rotatable bonds is 2. The van der Waals surface area contributed by atoms with Crippen LogP contribution in [0.15, 0.2) is 30.9 Å². The van der Waals surface area contributed by atoms with Crippen molar-refractivity contribution in [3.63, 3.8) is 0 Å². The molecular formula is C11H10ClNO2. The first-order valence-electron chi connectivity index (χ1n) is 4.53. The predicted octanol–water partition coefficient (Wildman–Crippen LogP) is 2.06. The van der Waals surface area contributed by atoms with Gasteiger partial charge in [-0.2, -0.15) is 0 Å². The second-order valence-electron chi connectivity index (χ2n) is 3.47. The van der Waals surface area contributed by atoms with Gasteiger partial charge in [-0.05, 0) is 12.1 Å². The number of benzene rings is 1. The van der Waals surface area contributed by atoms with E-state index in [1.54, 1.807) is 18.2 Å². The summed E-state index contributed by atoms with van der Waals surface area (Å²) in [5, 5.41) is 13.2. The van der Waals surface area contributed by atoms with Gasteiger partial charge in [0.25, 0.3) is 5.91 Å². The summed E-state index contributed by atoms with van der Waals surface area (Å²) in [7, 11) is 0. The Morgan fingerprint density at radius 1 is 1.60 bits per heavy atom. The Labute approximate surface area is 92.4 Å². The number of hydrogen-bond donors (Lipinski definition) is 2. The summed E-state index contributed by atoms with van der Waals surface area (Å²) in [5.74, 6) is -0.453. The lowest BCUT2D eigenvalue weighted by molar-refractivity contribution is -0.133. The Hall–Kier alpha value is -1.32. The first kappa shape index (κ1) is 10.2. The van der Waals surface area contributed by atoms with Gasteiger partial charge in [0.15, 0.2) is 5.60 Å². The summed E-state index contributed by atoms with van der Waals surface area (Å²) < 4.78 is 0. The average molecular weight is 224 g/mol. The van der Waals surface area contributed by atoms with Crippen molar-refractivity contribution >= 4 is 23.2 Å². The fourth-order valence-electron chi connectivity index (χ4n) is 1.79. The minimum Gasteiger partial charge on any atom is -0.375 e. The highest BCUT2D eigenvalue weighted by atomic mass is 35.5. The van der Waals surface area contributed by atoms with Crippen LogP contribution in [0.2, 0.25) is 5.02 Å². The summed E-state index contributed by atoms with van der Waals surface area (Å²) in [6.45, 7) is 3.52. The molecule has 2 N–H and O–H groups in total. The van der Waals surface area contributed by atoms with Crippen molar-refractivity contribution in [2.45, 2.75) is 12.0 Å². The summed E-state index contributed by atoms with van der Waals surface area (Å²) >= 11 is 5.97. The molecule has 1 atom stereocenters. The molecule has 0 saturated carbocycles. The van der Waals surface area contributed by atoms with Gasteiger partial charge < -0.3 is 10.4 Å². The second kappa shape index (κ2) is 3.36. The first-order chi connectivity index (χ1) is 7.09. The van der Waals surface area contributed by atoms with Crippen LogP contribution in [-0.4, -0.2) is 11.0 Å². The maximum absolute atomic E-state index is 11.6. The van der Waals surface area contributed by atoms with E-state index >= 15 is 0 Å². The minimum atomic E-state index is -1.57. The number of nitrogens with one attached hydrogen (secondary N) is 1. The molecule has 0 aromatic heterocycles. The smallest absolute Gasteiger partial charge is 0.261 e. The molecule has 78 valence electrons. The standard InChI is InChI=1S/C11H10ClNO2/c1-2-6-11(15)9-7(12)4-3-5-8(9)13-10(11)14/h2-5,15H,1,6H2,(H,13,14)/t11-/m1/s1. The van der Waals surface area contributed by atoms with Gasteiger partial charge in [0.2, 0.25) is 0 Å². The van der Waals surface area contributed by atoms with Crippen LogP contribution in [0.25, 0.3) is 0 Å². The summed E-state index contributed by atoms with van der Waals surface area (Å²) in [4.78, 5) is 11.6. The van der Waals surface area contributed by atoms with Crippen molar-refractivity contribution in [1.82, 2.24) is 0 Å². The van der Waals surface area contributed by atoms with Gasteiger partial charge in [-0.3, -0.25) is 4.79 Å². The van der Waals surface area contributed by atoms with Crippen LogP contribution in [0.4, 0.5) is 5.69 Å². The Morgan fingerprint density at radius 3 is 3.00 bits per heavy atom. The molecule has 0 bridgehead atoms. The quantitative estimate of drug-likeness (QED) is 0.754. The normalized spacial score (nSPS) is 23.5. The van der Waals surface area contributed by atoms with E-state index in [1.165, 1.54) is 6.08 Å². The Morgan fingerprint density at radius 2 is 2.33 bits per heavy atom. The number of halogens is 1. The minimum absolute atomic E-state index is 0.148. The van der Waals surface area contributed by atoms with E-state index in [0.717, 1.165) is 0 Å². The summed E-state index contributed by atoms with van der Waals surface area (Å²) in [6.07, 6.45) is 1.65.